The lowest BCUT2D eigenvalue weighted by Crippen LogP contribution is -2.22. The average molecular weight is 262 g/mol. The van der Waals surface area contributed by atoms with E-state index in [0.29, 0.717) is 17.7 Å². The van der Waals surface area contributed by atoms with Crippen molar-refractivity contribution in [3.63, 3.8) is 0 Å². The van der Waals surface area contributed by atoms with E-state index in [4.69, 9.17) is 0 Å². The minimum absolute atomic E-state index is 0.208. The van der Waals surface area contributed by atoms with Gasteiger partial charge in [-0.15, -0.1) is 0 Å². The van der Waals surface area contributed by atoms with Gasteiger partial charge in [0.2, 0.25) is 0 Å². The summed E-state index contributed by atoms with van der Waals surface area (Å²) in [5, 5.41) is 2.63. The molecule has 1 aromatic heterocycles. The number of pyridine rings is 1. The third-order valence-corrected chi connectivity index (χ3v) is 2.58. The van der Waals surface area contributed by atoms with E-state index >= 15 is 0 Å². The maximum Gasteiger partial charge on any atom is 0.252 e. The Hall–Kier alpha value is -2.30. The highest BCUT2D eigenvalue weighted by Gasteiger charge is 2.10. The highest BCUT2D eigenvalue weighted by atomic mass is 19.1. The maximum absolute atomic E-state index is 13.6. The Morgan fingerprint density at radius 2 is 2.05 bits per heavy atom. The maximum atomic E-state index is 13.6. The third kappa shape index (κ3) is 2.93. The Labute approximate surface area is 109 Å². The average Bonchev–Trinajstić information content (AvgIpc) is 2.39. The number of nitrogens with one attached hydrogen (secondary N) is 1. The normalized spacial score (nSPS) is 10.3. The molecule has 0 aliphatic rings. The fraction of sp³-hybridized carbons (Fsp3) is 0.143. The first-order valence-corrected chi connectivity index (χ1v) is 5.80. The predicted octanol–water partition coefficient (Wildman–Crippen LogP) is 2.78. The standard InChI is InChI=1S/C14H12F2N2O/c1-2-18-14(19)10-5-9(7-17-8-10)12-4-3-11(15)6-13(12)16/h3-8H,2H2,1H3,(H,18,19). The van der Waals surface area contributed by atoms with Crippen LogP contribution in [0.2, 0.25) is 0 Å². The lowest BCUT2D eigenvalue weighted by atomic mass is 10.1. The van der Waals surface area contributed by atoms with Crippen LogP contribution in [0.25, 0.3) is 11.1 Å². The molecule has 1 aromatic carbocycles. The van der Waals surface area contributed by atoms with Gasteiger partial charge < -0.3 is 5.32 Å². The molecule has 3 nitrogen and oxygen atoms in total. The Kier molecular flexibility index (Phi) is 3.85. The first-order valence-electron chi connectivity index (χ1n) is 5.80. The highest BCUT2D eigenvalue weighted by Crippen LogP contribution is 2.23. The summed E-state index contributed by atoms with van der Waals surface area (Å²) in [7, 11) is 0. The van der Waals surface area contributed by atoms with Crippen molar-refractivity contribution in [1.29, 1.82) is 0 Å². The fourth-order valence-electron chi connectivity index (χ4n) is 1.70. The van der Waals surface area contributed by atoms with E-state index in [1.165, 1.54) is 24.5 Å². The van der Waals surface area contributed by atoms with Gasteiger partial charge in [0, 0.05) is 36.1 Å². The second-order valence-corrected chi connectivity index (χ2v) is 3.95. The molecule has 0 fully saturated rings. The van der Waals surface area contributed by atoms with Crippen LogP contribution in [-0.2, 0) is 0 Å². The number of aromatic nitrogens is 1. The molecule has 0 saturated carbocycles. The van der Waals surface area contributed by atoms with E-state index in [0.717, 1.165) is 12.1 Å². The zero-order valence-electron chi connectivity index (χ0n) is 10.3. The van der Waals surface area contributed by atoms with E-state index in [2.05, 4.69) is 10.3 Å². The Balaban J connectivity index is 2.40. The fourth-order valence-corrected chi connectivity index (χ4v) is 1.70. The van der Waals surface area contributed by atoms with Gasteiger partial charge in [0.1, 0.15) is 11.6 Å². The van der Waals surface area contributed by atoms with Crippen LogP contribution in [0.3, 0.4) is 0 Å². The van der Waals surface area contributed by atoms with Crippen molar-refractivity contribution in [2.45, 2.75) is 6.92 Å². The van der Waals surface area contributed by atoms with E-state index < -0.39 is 11.6 Å². The lowest BCUT2D eigenvalue weighted by Gasteiger charge is -2.06. The number of rotatable bonds is 3. The SMILES string of the molecule is CCNC(=O)c1cncc(-c2ccc(F)cc2F)c1. The van der Waals surface area contributed by atoms with Crippen LogP contribution in [0.5, 0.6) is 0 Å². The first kappa shape index (κ1) is 13.1. The molecule has 0 atom stereocenters. The topological polar surface area (TPSA) is 42.0 Å². The predicted molar refractivity (Wildman–Crippen MR) is 67.6 cm³/mol. The number of hydrogen-bond donors (Lipinski definition) is 1. The number of carbonyl (C=O) groups is 1. The molecule has 1 heterocycles. The van der Waals surface area contributed by atoms with E-state index in [-0.39, 0.29) is 11.5 Å². The summed E-state index contributed by atoms with van der Waals surface area (Å²) in [6, 6.07) is 4.81. The Morgan fingerprint density at radius 3 is 2.74 bits per heavy atom. The lowest BCUT2D eigenvalue weighted by molar-refractivity contribution is 0.0955. The monoisotopic (exact) mass is 262 g/mol. The minimum Gasteiger partial charge on any atom is -0.352 e. The van der Waals surface area contributed by atoms with Crippen LogP contribution < -0.4 is 5.32 Å². The van der Waals surface area contributed by atoms with Crippen molar-refractivity contribution in [2.75, 3.05) is 6.54 Å². The molecular formula is C14H12F2N2O. The summed E-state index contributed by atoms with van der Waals surface area (Å²) in [5.41, 5.74) is 0.976. The van der Waals surface area contributed by atoms with Crippen LogP contribution in [0.1, 0.15) is 17.3 Å². The number of hydrogen-bond acceptors (Lipinski definition) is 2. The van der Waals surface area contributed by atoms with E-state index in [9.17, 15) is 13.6 Å². The quantitative estimate of drug-likeness (QED) is 0.924. The van der Waals surface area contributed by atoms with Crippen LogP contribution in [0.4, 0.5) is 8.78 Å². The highest BCUT2D eigenvalue weighted by molar-refractivity contribution is 5.95. The van der Waals surface area contributed by atoms with Gasteiger partial charge in [-0.05, 0) is 25.1 Å². The van der Waals surface area contributed by atoms with Gasteiger partial charge in [-0.25, -0.2) is 8.78 Å². The Morgan fingerprint density at radius 1 is 1.26 bits per heavy atom. The second-order valence-electron chi connectivity index (χ2n) is 3.95. The zero-order chi connectivity index (χ0) is 13.8. The zero-order valence-corrected chi connectivity index (χ0v) is 10.3. The van der Waals surface area contributed by atoms with Crippen molar-refractivity contribution in [3.8, 4) is 11.1 Å². The molecule has 19 heavy (non-hydrogen) atoms. The molecular weight excluding hydrogens is 250 g/mol. The van der Waals surface area contributed by atoms with Gasteiger partial charge in [-0.2, -0.15) is 0 Å². The molecule has 0 aliphatic carbocycles. The summed E-state index contributed by atoms with van der Waals surface area (Å²) in [5.74, 6) is -1.61. The summed E-state index contributed by atoms with van der Waals surface area (Å²) in [6.07, 6.45) is 2.83. The van der Waals surface area contributed by atoms with E-state index in [1.54, 1.807) is 6.92 Å². The van der Waals surface area contributed by atoms with Gasteiger partial charge in [-0.3, -0.25) is 9.78 Å². The van der Waals surface area contributed by atoms with Crippen LogP contribution >= 0.6 is 0 Å². The largest absolute Gasteiger partial charge is 0.352 e. The third-order valence-electron chi connectivity index (χ3n) is 2.58. The van der Waals surface area contributed by atoms with Gasteiger partial charge in [0.05, 0.1) is 5.56 Å². The summed E-state index contributed by atoms with van der Waals surface area (Å²) < 4.78 is 26.5. The number of carbonyl (C=O) groups excluding carboxylic acids is 1. The summed E-state index contributed by atoms with van der Waals surface area (Å²) >= 11 is 0. The molecule has 0 saturated heterocycles. The summed E-state index contributed by atoms with van der Waals surface area (Å²) in [6.45, 7) is 2.29. The van der Waals surface area contributed by atoms with Crippen molar-refractivity contribution in [3.05, 3.63) is 53.9 Å². The van der Waals surface area contributed by atoms with Crippen molar-refractivity contribution < 1.29 is 13.6 Å². The molecule has 1 N–H and O–H groups in total. The number of benzene rings is 1. The van der Waals surface area contributed by atoms with Crippen LogP contribution in [-0.4, -0.2) is 17.4 Å². The second kappa shape index (κ2) is 5.56. The van der Waals surface area contributed by atoms with Crippen LogP contribution in [0.15, 0.2) is 36.7 Å². The summed E-state index contributed by atoms with van der Waals surface area (Å²) in [4.78, 5) is 15.6. The van der Waals surface area contributed by atoms with Crippen molar-refractivity contribution in [2.24, 2.45) is 0 Å². The molecule has 98 valence electrons. The molecule has 5 heteroatoms. The van der Waals surface area contributed by atoms with Crippen molar-refractivity contribution in [1.82, 2.24) is 10.3 Å². The van der Waals surface area contributed by atoms with E-state index in [1.807, 2.05) is 0 Å². The molecule has 0 radical (unpaired) electrons. The molecule has 2 rings (SSSR count). The smallest absolute Gasteiger partial charge is 0.252 e. The number of amides is 1. The molecule has 2 aromatic rings. The molecule has 0 aliphatic heterocycles. The Bertz CT molecular complexity index is 614. The van der Waals surface area contributed by atoms with Gasteiger partial charge in [0.15, 0.2) is 0 Å². The number of nitrogens with zero attached hydrogens (tertiary/aromatic N) is 1. The molecule has 0 unspecified atom stereocenters. The van der Waals surface area contributed by atoms with Gasteiger partial charge >= 0.3 is 0 Å². The van der Waals surface area contributed by atoms with Crippen molar-refractivity contribution >= 4 is 5.91 Å². The van der Waals surface area contributed by atoms with Crippen LogP contribution in [0, 0.1) is 11.6 Å². The van der Waals surface area contributed by atoms with Gasteiger partial charge in [-0.1, -0.05) is 0 Å². The first-order chi connectivity index (χ1) is 9.11. The van der Waals surface area contributed by atoms with Gasteiger partial charge in [0.25, 0.3) is 5.91 Å². The number of halogens is 2. The molecule has 1 amide bonds. The molecule has 0 spiro atoms. The molecule has 0 bridgehead atoms. The minimum atomic E-state index is -0.685.